The Balaban J connectivity index is 1.98. The molecule has 0 radical (unpaired) electrons. The average Bonchev–Trinajstić information content (AvgIpc) is 2.77. The van der Waals surface area contributed by atoms with Crippen molar-refractivity contribution in [2.75, 3.05) is 19.8 Å². The summed E-state index contributed by atoms with van der Waals surface area (Å²) in [5.74, 6) is 0.569. The van der Waals surface area contributed by atoms with Crippen LogP contribution in [0.4, 0.5) is 4.79 Å². The van der Waals surface area contributed by atoms with Gasteiger partial charge in [0.05, 0.1) is 12.7 Å². The van der Waals surface area contributed by atoms with Crippen LogP contribution in [0.1, 0.15) is 18.6 Å². The molecule has 0 aromatic heterocycles. The van der Waals surface area contributed by atoms with Gasteiger partial charge in [0, 0.05) is 22.6 Å². The van der Waals surface area contributed by atoms with Gasteiger partial charge in [0.25, 0.3) is 0 Å². The number of benzene rings is 1. The zero-order valence-electron chi connectivity index (χ0n) is 11.8. The van der Waals surface area contributed by atoms with Crippen LogP contribution in [-0.4, -0.2) is 48.8 Å². The van der Waals surface area contributed by atoms with Crippen LogP contribution < -0.4 is 15.5 Å². The molecular formula is C13H15BClNO6. The average molecular weight is 328 g/mol. The fourth-order valence-corrected chi connectivity index (χ4v) is 2.88. The standard InChI is InChI=1S/C13H15BClNO6/c1-13(5-17)6-20-8-3-2-7(15)10-9(4-16-12(18)19)21-14(22-13)11(8)10/h2-3,9,16-17H,4-6H2,1H3,(H,18,19). The molecule has 0 saturated heterocycles. The van der Waals surface area contributed by atoms with Crippen molar-refractivity contribution in [2.45, 2.75) is 18.6 Å². The predicted molar refractivity (Wildman–Crippen MR) is 78.8 cm³/mol. The number of hydrogen-bond donors (Lipinski definition) is 3. The number of nitrogens with one attached hydrogen (secondary N) is 1. The summed E-state index contributed by atoms with van der Waals surface area (Å²) in [6.45, 7) is 1.70. The van der Waals surface area contributed by atoms with Gasteiger partial charge in [-0.3, -0.25) is 0 Å². The highest BCUT2D eigenvalue weighted by Crippen LogP contribution is 2.37. The van der Waals surface area contributed by atoms with Crippen LogP contribution in [-0.2, 0) is 9.31 Å². The van der Waals surface area contributed by atoms with E-state index in [0.29, 0.717) is 21.8 Å². The lowest BCUT2D eigenvalue weighted by Crippen LogP contribution is -2.45. The molecule has 0 aliphatic carbocycles. The van der Waals surface area contributed by atoms with Crippen LogP contribution in [0.25, 0.3) is 0 Å². The van der Waals surface area contributed by atoms with Crippen LogP contribution in [0.3, 0.4) is 0 Å². The van der Waals surface area contributed by atoms with Crippen molar-refractivity contribution in [3.63, 3.8) is 0 Å². The first-order chi connectivity index (χ1) is 10.4. The number of aliphatic hydroxyl groups excluding tert-OH is 1. The van der Waals surface area contributed by atoms with E-state index in [1.54, 1.807) is 19.1 Å². The summed E-state index contributed by atoms with van der Waals surface area (Å²) in [6, 6.07) is 3.40. The number of amides is 1. The zero-order valence-corrected chi connectivity index (χ0v) is 12.6. The summed E-state index contributed by atoms with van der Waals surface area (Å²) in [7, 11) is -0.760. The summed E-state index contributed by atoms with van der Waals surface area (Å²) in [5.41, 5.74) is 0.393. The summed E-state index contributed by atoms with van der Waals surface area (Å²) in [4.78, 5) is 10.7. The summed E-state index contributed by atoms with van der Waals surface area (Å²) >= 11 is 6.24. The Morgan fingerprint density at radius 3 is 3.05 bits per heavy atom. The van der Waals surface area contributed by atoms with E-state index in [1.807, 2.05) is 0 Å². The number of carboxylic acid groups (broad SMARTS) is 1. The lowest BCUT2D eigenvalue weighted by molar-refractivity contribution is -0.0268. The first-order valence-corrected chi connectivity index (χ1v) is 7.17. The molecule has 2 aliphatic rings. The van der Waals surface area contributed by atoms with Crippen LogP contribution in [0.5, 0.6) is 5.75 Å². The third-order valence-corrected chi connectivity index (χ3v) is 4.07. The molecular weight excluding hydrogens is 312 g/mol. The summed E-state index contributed by atoms with van der Waals surface area (Å²) in [6.07, 6.45) is -1.72. The van der Waals surface area contributed by atoms with Crippen LogP contribution in [0.15, 0.2) is 12.1 Å². The van der Waals surface area contributed by atoms with E-state index in [1.165, 1.54) is 0 Å². The van der Waals surface area contributed by atoms with E-state index >= 15 is 0 Å². The van der Waals surface area contributed by atoms with Gasteiger partial charge in [-0.05, 0) is 19.1 Å². The van der Waals surface area contributed by atoms with Crippen molar-refractivity contribution >= 4 is 30.3 Å². The van der Waals surface area contributed by atoms with Gasteiger partial charge in [-0.15, -0.1) is 0 Å². The molecule has 2 unspecified atom stereocenters. The highest BCUT2D eigenvalue weighted by Gasteiger charge is 2.47. The van der Waals surface area contributed by atoms with Crippen molar-refractivity contribution in [1.29, 1.82) is 0 Å². The molecule has 7 nitrogen and oxygen atoms in total. The van der Waals surface area contributed by atoms with E-state index < -0.39 is 24.9 Å². The molecule has 2 heterocycles. The van der Waals surface area contributed by atoms with Crippen molar-refractivity contribution in [3.8, 4) is 5.75 Å². The second kappa shape index (κ2) is 5.62. The second-order valence-electron chi connectivity index (χ2n) is 5.53. The smallest absolute Gasteiger partial charge is 0.491 e. The fraction of sp³-hybridized carbons (Fsp3) is 0.462. The maximum Gasteiger partial charge on any atom is 0.499 e. The van der Waals surface area contributed by atoms with E-state index in [4.69, 9.17) is 30.8 Å². The highest BCUT2D eigenvalue weighted by molar-refractivity contribution is 6.65. The Hall–Kier alpha value is -1.48. The quantitative estimate of drug-likeness (QED) is 0.701. The van der Waals surface area contributed by atoms with Gasteiger partial charge in [0.15, 0.2) is 0 Å². The number of rotatable bonds is 3. The molecule has 3 rings (SSSR count). The lowest BCUT2D eigenvalue weighted by atomic mass is 9.77. The van der Waals surface area contributed by atoms with Crippen LogP contribution >= 0.6 is 11.6 Å². The number of ether oxygens (including phenoxy) is 1. The van der Waals surface area contributed by atoms with Gasteiger partial charge in [-0.1, -0.05) is 11.6 Å². The Morgan fingerprint density at radius 2 is 2.36 bits per heavy atom. The van der Waals surface area contributed by atoms with E-state index in [2.05, 4.69) is 5.32 Å². The van der Waals surface area contributed by atoms with Crippen LogP contribution in [0, 0.1) is 0 Å². The third kappa shape index (κ3) is 2.63. The van der Waals surface area contributed by atoms with Crippen molar-refractivity contribution in [2.24, 2.45) is 0 Å². The van der Waals surface area contributed by atoms with Crippen LogP contribution in [0.2, 0.25) is 5.02 Å². The third-order valence-electron chi connectivity index (χ3n) is 3.74. The molecule has 0 spiro atoms. The number of carbonyl (C=O) groups is 1. The molecule has 3 N–H and O–H groups in total. The molecule has 2 atom stereocenters. The topological polar surface area (TPSA) is 97.2 Å². The second-order valence-corrected chi connectivity index (χ2v) is 5.94. The highest BCUT2D eigenvalue weighted by atomic mass is 35.5. The van der Waals surface area contributed by atoms with Gasteiger partial charge in [-0.2, -0.15) is 0 Å². The van der Waals surface area contributed by atoms with Crippen molar-refractivity contribution in [3.05, 3.63) is 22.7 Å². The minimum Gasteiger partial charge on any atom is -0.491 e. The minimum absolute atomic E-state index is 0.0429. The summed E-state index contributed by atoms with van der Waals surface area (Å²) < 4.78 is 17.3. The van der Waals surface area contributed by atoms with E-state index in [-0.39, 0.29) is 19.8 Å². The van der Waals surface area contributed by atoms with E-state index in [0.717, 1.165) is 0 Å². The molecule has 22 heavy (non-hydrogen) atoms. The lowest BCUT2D eigenvalue weighted by Gasteiger charge is -2.27. The number of aliphatic hydroxyl groups is 1. The normalized spacial score (nSPS) is 26.1. The predicted octanol–water partition coefficient (Wildman–Crippen LogP) is 0.534. The molecule has 0 saturated carbocycles. The largest absolute Gasteiger partial charge is 0.499 e. The molecule has 118 valence electrons. The number of halogens is 1. The molecule has 1 aromatic carbocycles. The molecule has 1 aromatic rings. The zero-order chi connectivity index (χ0) is 15.9. The first-order valence-electron chi connectivity index (χ1n) is 6.79. The monoisotopic (exact) mass is 327 g/mol. The van der Waals surface area contributed by atoms with Gasteiger partial charge >= 0.3 is 13.2 Å². The number of hydrogen-bond acceptors (Lipinski definition) is 5. The fourth-order valence-electron chi connectivity index (χ4n) is 2.59. The SMILES string of the molecule is CC1(CO)COc2ccc(Cl)c3c2B(OC3CNC(=O)O)O1. The molecule has 0 bridgehead atoms. The van der Waals surface area contributed by atoms with Gasteiger partial charge in [0.1, 0.15) is 18.0 Å². The Morgan fingerprint density at radius 1 is 1.59 bits per heavy atom. The van der Waals surface area contributed by atoms with Crippen molar-refractivity contribution in [1.82, 2.24) is 5.32 Å². The Bertz CT molecular complexity index is 614. The van der Waals surface area contributed by atoms with Gasteiger partial charge < -0.3 is 29.6 Å². The van der Waals surface area contributed by atoms with Gasteiger partial charge in [-0.25, -0.2) is 4.79 Å². The maximum atomic E-state index is 10.7. The molecule has 0 fully saturated rings. The van der Waals surface area contributed by atoms with E-state index in [9.17, 15) is 9.90 Å². The molecule has 1 amide bonds. The van der Waals surface area contributed by atoms with Gasteiger partial charge in [0.2, 0.25) is 0 Å². The Kier molecular flexibility index (Phi) is 3.94. The Labute approximate surface area is 132 Å². The first kappa shape index (κ1) is 15.4. The van der Waals surface area contributed by atoms with Crippen molar-refractivity contribution < 1.29 is 29.1 Å². The maximum absolute atomic E-state index is 10.7. The minimum atomic E-state index is -1.15. The summed E-state index contributed by atoms with van der Waals surface area (Å²) in [5, 5.41) is 21.0. The molecule has 9 heteroatoms. The molecule has 2 aliphatic heterocycles.